The standard InChI is InChI=1S/C21H25ClN2O3/c1-3-11-27-20-16(22)12-14(13-19(20)26-4-2)21(25)24-10-6-7-15-17(23)8-5-9-18(15)24/h5,8-9,12-13H,3-4,6-7,10-11,23H2,1-2H3. The molecule has 6 heteroatoms. The van der Waals surface area contributed by atoms with E-state index < -0.39 is 0 Å². The first-order valence-corrected chi connectivity index (χ1v) is 9.73. The number of anilines is 2. The zero-order valence-corrected chi connectivity index (χ0v) is 16.5. The van der Waals surface area contributed by atoms with Crippen LogP contribution in [-0.4, -0.2) is 25.7 Å². The predicted molar refractivity (Wildman–Crippen MR) is 109 cm³/mol. The summed E-state index contributed by atoms with van der Waals surface area (Å²) in [7, 11) is 0. The maximum Gasteiger partial charge on any atom is 0.258 e. The Morgan fingerprint density at radius 2 is 2.07 bits per heavy atom. The van der Waals surface area contributed by atoms with Gasteiger partial charge in [-0.25, -0.2) is 0 Å². The fourth-order valence-corrected chi connectivity index (χ4v) is 3.58. The minimum atomic E-state index is -0.119. The average molecular weight is 389 g/mol. The van der Waals surface area contributed by atoms with Crippen molar-refractivity contribution >= 4 is 28.9 Å². The van der Waals surface area contributed by atoms with Crippen LogP contribution >= 0.6 is 11.6 Å². The quantitative estimate of drug-likeness (QED) is 0.728. The lowest BCUT2D eigenvalue weighted by molar-refractivity contribution is 0.0984. The molecule has 0 aliphatic carbocycles. The Balaban J connectivity index is 1.97. The number of carbonyl (C=O) groups is 1. The van der Waals surface area contributed by atoms with Crippen LogP contribution in [-0.2, 0) is 6.42 Å². The SMILES string of the molecule is CCCOc1c(Cl)cc(C(=O)N2CCCc3c(N)cccc32)cc1OCC. The largest absolute Gasteiger partial charge is 0.490 e. The summed E-state index contributed by atoms with van der Waals surface area (Å²) >= 11 is 6.42. The molecule has 0 atom stereocenters. The highest BCUT2D eigenvalue weighted by Crippen LogP contribution is 2.38. The van der Waals surface area contributed by atoms with Gasteiger partial charge in [0, 0.05) is 23.5 Å². The number of hydrogen-bond acceptors (Lipinski definition) is 4. The van der Waals surface area contributed by atoms with Crippen LogP contribution in [0.15, 0.2) is 30.3 Å². The minimum Gasteiger partial charge on any atom is -0.490 e. The molecule has 0 bridgehead atoms. The van der Waals surface area contributed by atoms with E-state index in [0.717, 1.165) is 36.2 Å². The number of halogens is 1. The van der Waals surface area contributed by atoms with Gasteiger partial charge >= 0.3 is 0 Å². The number of carbonyl (C=O) groups excluding carboxylic acids is 1. The van der Waals surface area contributed by atoms with Crippen molar-refractivity contribution in [3.8, 4) is 11.5 Å². The molecule has 2 aromatic carbocycles. The molecule has 2 aromatic rings. The van der Waals surface area contributed by atoms with E-state index in [-0.39, 0.29) is 5.91 Å². The first kappa shape index (κ1) is 19.4. The van der Waals surface area contributed by atoms with Crippen LogP contribution in [0.4, 0.5) is 11.4 Å². The molecule has 1 amide bonds. The number of ether oxygens (including phenoxy) is 2. The summed E-state index contributed by atoms with van der Waals surface area (Å²) in [5.41, 5.74) is 9.19. The van der Waals surface area contributed by atoms with Crippen molar-refractivity contribution in [2.75, 3.05) is 30.4 Å². The van der Waals surface area contributed by atoms with Crippen molar-refractivity contribution in [3.63, 3.8) is 0 Å². The number of benzene rings is 2. The summed E-state index contributed by atoms with van der Waals surface area (Å²) in [4.78, 5) is 15.0. The number of amides is 1. The number of nitrogens with zero attached hydrogens (tertiary/aromatic N) is 1. The third-order valence-corrected chi connectivity index (χ3v) is 4.82. The zero-order chi connectivity index (χ0) is 19.4. The smallest absolute Gasteiger partial charge is 0.258 e. The number of fused-ring (bicyclic) bond motifs is 1. The molecule has 0 unspecified atom stereocenters. The molecule has 144 valence electrons. The third-order valence-electron chi connectivity index (χ3n) is 4.54. The first-order chi connectivity index (χ1) is 13.1. The molecule has 0 aromatic heterocycles. The Labute approximate surface area is 165 Å². The molecular weight excluding hydrogens is 364 g/mol. The van der Waals surface area contributed by atoms with Gasteiger partial charge in [-0.3, -0.25) is 4.79 Å². The first-order valence-electron chi connectivity index (χ1n) is 9.35. The van der Waals surface area contributed by atoms with Crippen LogP contribution in [0.25, 0.3) is 0 Å². The van der Waals surface area contributed by atoms with Gasteiger partial charge in [0.25, 0.3) is 5.91 Å². The van der Waals surface area contributed by atoms with Crippen LogP contribution in [0.3, 0.4) is 0 Å². The minimum absolute atomic E-state index is 0.119. The van der Waals surface area contributed by atoms with Gasteiger partial charge in [0.1, 0.15) is 0 Å². The molecule has 1 aliphatic heterocycles. The van der Waals surface area contributed by atoms with Crippen molar-refractivity contribution in [2.45, 2.75) is 33.1 Å². The van der Waals surface area contributed by atoms with E-state index in [1.165, 1.54) is 0 Å². The molecule has 0 saturated heterocycles. The van der Waals surface area contributed by atoms with Crippen molar-refractivity contribution in [2.24, 2.45) is 0 Å². The molecule has 27 heavy (non-hydrogen) atoms. The second kappa shape index (κ2) is 8.53. The molecule has 0 spiro atoms. The average Bonchev–Trinajstić information content (AvgIpc) is 2.67. The van der Waals surface area contributed by atoms with E-state index in [1.54, 1.807) is 17.0 Å². The number of rotatable bonds is 6. The second-order valence-corrected chi connectivity index (χ2v) is 6.88. The highest BCUT2D eigenvalue weighted by atomic mass is 35.5. The van der Waals surface area contributed by atoms with Crippen LogP contribution in [0.5, 0.6) is 11.5 Å². The summed E-state index contributed by atoms with van der Waals surface area (Å²) in [6.45, 7) is 5.54. The Morgan fingerprint density at radius 3 is 2.81 bits per heavy atom. The number of hydrogen-bond donors (Lipinski definition) is 1. The summed E-state index contributed by atoms with van der Waals surface area (Å²) in [6.07, 6.45) is 2.60. The maximum absolute atomic E-state index is 13.2. The van der Waals surface area contributed by atoms with Gasteiger partial charge in [0.2, 0.25) is 0 Å². The third kappa shape index (κ3) is 3.98. The van der Waals surface area contributed by atoms with Crippen molar-refractivity contribution in [3.05, 3.63) is 46.5 Å². The van der Waals surface area contributed by atoms with Crippen LogP contribution in [0.2, 0.25) is 5.02 Å². The summed E-state index contributed by atoms with van der Waals surface area (Å²) in [6, 6.07) is 9.05. The van der Waals surface area contributed by atoms with Crippen molar-refractivity contribution in [1.29, 1.82) is 0 Å². The van der Waals surface area contributed by atoms with Gasteiger partial charge < -0.3 is 20.1 Å². The lowest BCUT2D eigenvalue weighted by atomic mass is 9.99. The molecule has 0 fully saturated rings. The maximum atomic E-state index is 13.2. The summed E-state index contributed by atoms with van der Waals surface area (Å²) in [5, 5.41) is 0.377. The Kier molecular flexibility index (Phi) is 6.11. The van der Waals surface area contributed by atoms with Gasteiger partial charge in [-0.2, -0.15) is 0 Å². The van der Waals surface area contributed by atoms with E-state index >= 15 is 0 Å². The van der Waals surface area contributed by atoms with Crippen molar-refractivity contribution in [1.82, 2.24) is 0 Å². The molecule has 0 radical (unpaired) electrons. The lowest BCUT2D eigenvalue weighted by Gasteiger charge is -2.30. The van der Waals surface area contributed by atoms with Crippen LogP contribution < -0.4 is 20.1 Å². The lowest BCUT2D eigenvalue weighted by Crippen LogP contribution is -2.35. The molecular formula is C21H25ClN2O3. The van der Waals surface area contributed by atoms with Gasteiger partial charge in [0.05, 0.1) is 18.2 Å². The highest BCUT2D eigenvalue weighted by Gasteiger charge is 2.26. The van der Waals surface area contributed by atoms with E-state index in [4.69, 9.17) is 26.8 Å². The Morgan fingerprint density at radius 1 is 1.26 bits per heavy atom. The predicted octanol–water partition coefficient (Wildman–Crippen LogP) is 4.70. The van der Waals surface area contributed by atoms with Gasteiger partial charge in [-0.05, 0) is 56.0 Å². The van der Waals surface area contributed by atoms with Crippen LogP contribution in [0.1, 0.15) is 42.6 Å². The molecule has 5 nitrogen and oxygen atoms in total. The number of nitrogen functional groups attached to an aromatic ring is 1. The van der Waals surface area contributed by atoms with E-state index in [0.29, 0.717) is 41.8 Å². The van der Waals surface area contributed by atoms with E-state index in [2.05, 4.69) is 0 Å². The van der Waals surface area contributed by atoms with Gasteiger partial charge in [0.15, 0.2) is 11.5 Å². The van der Waals surface area contributed by atoms with Gasteiger partial charge in [-0.1, -0.05) is 24.6 Å². The fourth-order valence-electron chi connectivity index (χ4n) is 3.32. The van der Waals surface area contributed by atoms with Crippen molar-refractivity contribution < 1.29 is 14.3 Å². The molecule has 3 rings (SSSR count). The van der Waals surface area contributed by atoms with E-state index in [9.17, 15) is 4.79 Å². The normalized spacial score (nSPS) is 13.2. The summed E-state index contributed by atoms with van der Waals surface area (Å²) in [5.74, 6) is 0.859. The van der Waals surface area contributed by atoms with Crippen LogP contribution in [0, 0.1) is 0 Å². The molecule has 0 saturated carbocycles. The summed E-state index contributed by atoms with van der Waals surface area (Å²) < 4.78 is 11.4. The van der Waals surface area contributed by atoms with E-state index in [1.807, 2.05) is 32.0 Å². The second-order valence-electron chi connectivity index (χ2n) is 6.47. The molecule has 2 N–H and O–H groups in total. The van der Waals surface area contributed by atoms with Gasteiger partial charge in [-0.15, -0.1) is 0 Å². The molecule has 1 aliphatic rings. The fraction of sp³-hybridized carbons (Fsp3) is 0.381. The Hall–Kier alpha value is -2.40. The topological polar surface area (TPSA) is 64.8 Å². The zero-order valence-electron chi connectivity index (χ0n) is 15.8. The molecule has 1 heterocycles. The number of nitrogens with two attached hydrogens (primary N) is 1. The Bertz CT molecular complexity index is 838. The monoisotopic (exact) mass is 388 g/mol. The highest BCUT2D eigenvalue weighted by molar-refractivity contribution is 6.32.